The summed E-state index contributed by atoms with van der Waals surface area (Å²) in [7, 11) is 0. The number of carbonyl (C=O) groups is 3. The molecule has 3 amide bonds. The maximum absolute atomic E-state index is 12.8. The molecule has 1 spiro atoms. The third-order valence-electron chi connectivity index (χ3n) is 5.99. The molecule has 1 saturated heterocycles. The van der Waals surface area contributed by atoms with E-state index in [1.54, 1.807) is 0 Å². The van der Waals surface area contributed by atoms with Gasteiger partial charge in [0.25, 0.3) is 5.91 Å². The molecule has 24 heavy (non-hydrogen) atoms. The second-order valence-corrected chi connectivity index (χ2v) is 7.63. The normalized spacial score (nSPS) is 31.4. The molecule has 6 nitrogen and oxygen atoms in total. The molecule has 3 rings (SSSR count). The highest BCUT2D eigenvalue weighted by atomic mass is 16.5. The lowest BCUT2D eigenvalue weighted by molar-refractivity contribution is -0.149. The minimum Gasteiger partial charge on any atom is -0.464 e. The zero-order valence-electron chi connectivity index (χ0n) is 14.5. The monoisotopic (exact) mass is 336 g/mol. The molecular formula is C18H28N2O4. The van der Waals surface area contributed by atoms with Gasteiger partial charge < -0.3 is 10.1 Å². The molecule has 2 unspecified atom stereocenters. The number of esters is 1. The van der Waals surface area contributed by atoms with Crippen LogP contribution in [-0.2, 0) is 14.3 Å². The number of carbonyl (C=O) groups excluding carboxylic acids is 3. The SMILES string of the molecule is CC1CCCCC12NC(=O)N(CC(=O)OCC1CCCCC1)C2=O. The van der Waals surface area contributed by atoms with Crippen molar-refractivity contribution in [3.63, 3.8) is 0 Å². The Morgan fingerprint density at radius 1 is 1.17 bits per heavy atom. The number of nitrogens with zero attached hydrogens (tertiary/aromatic N) is 1. The maximum Gasteiger partial charge on any atom is 0.326 e. The Labute approximate surface area is 143 Å². The molecule has 0 aromatic carbocycles. The Balaban J connectivity index is 1.55. The zero-order valence-corrected chi connectivity index (χ0v) is 14.5. The number of hydrogen-bond acceptors (Lipinski definition) is 4. The fourth-order valence-electron chi connectivity index (χ4n) is 4.38. The lowest BCUT2D eigenvalue weighted by Gasteiger charge is -2.36. The summed E-state index contributed by atoms with van der Waals surface area (Å²) >= 11 is 0. The van der Waals surface area contributed by atoms with E-state index in [9.17, 15) is 14.4 Å². The van der Waals surface area contributed by atoms with Crippen molar-refractivity contribution in [2.24, 2.45) is 11.8 Å². The van der Waals surface area contributed by atoms with Crippen LogP contribution in [0.4, 0.5) is 4.79 Å². The number of nitrogens with one attached hydrogen (secondary N) is 1. The van der Waals surface area contributed by atoms with Crippen LogP contribution in [0.3, 0.4) is 0 Å². The highest BCUT2D eigenvalue weighted by molar-refractivity contribution is 6.08. The van der Waals surface area contributed by atoms with E-state index >= 15 is 0 Å². The molecule has 0 aromatic heterocycles. The van der Waals surface area contributed by atoms with E-state index in [0.29, 0.717) is 18.9 Å². The van der Waals surface area contributed by atoms with E-state index in [1.165, 1.54) is 19.3 Å². The Bertz CT molecular complexity index is 515. The summed E-state index contributed by atoms with van der Waals surface area (Å²) in [6.07, 6.45) is 9.41. The molecule has 2 aliphatic carbocycles. The van der Waals surface area contributed by atoms with Gasteiger partial charge in [-0.2, -0.15) is 0 Å². The van der Waals surface area contributed by atoms with E-state index in [-0.39, 0.29) is 18.4 Å². The quantitative estimate of drug-likeness (QED) is 0.632. The van der Waals surface area contributed by atoms with Crippen LogP contribution in [-0.4, -0.2) is 41.5 Å². The van der Waals surface area contributed by atoms with Gasteiger partial charge in [-0.05, 0) is 37.5 Å². The van der Waals surface area contributed by atoms with Crippen molar-refractivity contribution in [1.82, 2.24) is 10.2 Å². The van der Waals surface area contributed by atoms with Gasteiger partial charge in [0, 0.05) is 0 Å². The molecule has 1 heterocycles. The first kappa shape index (κ1) is 17.2. The predicted octanol–water partition coefficient (Wildman–Crippen LogP) is 2.61. The van der Waals surface area contributed by atoms with Crippen LogP contribution in [0.15, 0.2) is 0 Å². The van der Waals surface area contributed by atoms with Crippen LogP contribution in [0.2, 0.25) is 0 Å². The number of imide groups is 1. The molecule has 3 fully saturated rings. The zero-order chi connectivity index (χ0) is 17.2. The molecule has 2 atom stereocenters. The second-order valence-electron chi connectivity index (χ2n) is 7.63. The van der Waals surface area contributed by atoms with Gasteiger partial charge >= 0.3 is 12.0 Å². The van der Waals surface area contributed by atoms with E-state index in [1.807, 2.05) is 6.92 Å². The largest absolute Gasteiger partial charge is 0.464 e. The van der Waals surface area contributed by atoms with Gasteiger partial charge in [-0.15, -0.1) is 0 Å². The number of urea groups is 1. The Morgan fingerprint density at radius 2 is 1.88 bits per heavy atom. The first-order chi connectivity index (χ1) is 11.5. The third kappa shape index (κ3) is 3.28. The fourth-order valence-corrected chi connectivity index (χ4v) is 4.38. The Kier molecular flexibility index (Phi) is 5.11. The first-order valence-corrected chi connectivity index (χ1v) is 9.32. The van der Waals surface area contributed by atoms with Gasteiger partial charge in [-0.25, -0.2) is 4.79 Å². The molecule has 6 heteroatoms. The number of hydrogen-bond donors (Lipinski definition) is 1. The predicted molar refractivity (Wildman–Crippen MR) is 88.1 cm³/mol. The standard InChI is InChI=1S/C18H28N2O4/c1-13-7-5-6-10-18(13)16(22)20(17(23)19-18)11-15(21)24-12-14-8-3-2-4-9-14/h13-14H,2-12H2,1H3,(H,19,23). The molecule has 2 saturated carbocycles. The lowest BCUT2D eigenvalue weighted by Crippen LogP contribution is -2.54. The smallest absolute Gasteiger partial charge is 0.326 e. The topological polar surface area (TPSA) is 75.7 Å². The maximum atomic E-state index is 12.8. The number of ether oxygens (including phenoxy) is 1. The van der Waals surface area contributed by atoms with Gasteiger partial charge in [-0.3, -0.25) is 14.5 Å². The molecule has 134 valence electrons. The van der Waals surface area contributed by atoms with Gasteiger partial charge in [0.15, 0.2) is 0 Å². The average Bonchev–Trinajstić information content (AvgIpc) is 2.82. The van der Waals surface area contributed by atoms with E-state index in [2.05, 4.69) is 5.32 Å². The fraction of sp³-hybridized carbons (Fsp3) is 0.833. The van der Waals surface area contributed by atoms with Crippen LogP contribution < -0.4 is 5.32 Å². The minimum atomic E-state index is -0.807. The molecule has 0 aromatic rings. The molecule has 1 aliphatic heterocycles. The highest BCUT2D eigenvalue weighted by Gasteiger charge is 2.55. The van der Waals surface area contributed by atoms with Crippen molar-refractivity contribution in [3.8, 4) is 0 Å². The van der Waals surface area contributed by atoms with Crippen molar-refractivity contribution < 1.29 is 19.1 Å². The van der Waals surface area contributed by atoms with Crippen molar-refractivity contribution >= 4 is 17.9 Å². The summed E-state index contributed by atoms with van der Waals surface area (Å²) < 4.78 is 5.33. The Hall–Kier alpha value is -1.59. The molecule has 3 aliphatic rings. The van der Waals surface area contributed by atoms with E-state index < -0.39 is 17.5 Å². The highest BCUT2D eigenvalue weighted by Crippen LogP contribution is 2.38. The number of rotatable bonds is 4. The van der Waals surface area contributed by atoms with Crippen molar-refractivity contribution in [2.75, 3.05) is 13.2 Å². The van der Waals surface area contributed by atoms with Crippen LogP contribution >= 0.6 is 0 Å². The van der Waals surface area contributed by atoms with Crippen LogP contribution in [0.1, 0.15) is 64.7 Å². The van der Waals surface area contributed by atoms with Gasteiger partial charge in [0.2, 0.25) is 0 Å². The summed E-state index contributed by atoms with van der Waals surface area (Å²) in [5.41, 5.74) is -0.807. The first-order valence-electron chi connectivity index (χ1n) is 9.32. The van der Waals surface area contributed by atoms with Crippen molar-refractivity contribution in [2.45, 2.75) is 70.3 Å². The number of amides is 3. The third-order valence-corrected chi connectivity index (χ3v) is 5.99. The molecule has 0 bridgehead atoms. The van der Waals surface area contributed by atoms with Crippen LogP contribution in [0.25, 0.3) is 0 Å². The minimum absolute atomic E-state index is 0.103. The molecule has 0 radical (unpaired) electrons. The van der Waals surface area contributed by atoms with Gasteiger partial charge in [-0.1, -0.05) is 39.0 Å². The van der Waals surface area contributed by atoms with Crippen molar-refractivity contribution in [1.29, 1.82) is 0 Å². The summed E-state index contributed by atoms with van der Waals surface area (Å²) in [6.45, 7) is 2.14. The summed E-state index contributed by atoms with van der Waals surface area (Å²) in [6, 6.07) is -0.455. The summed E-state index contributed by atoms with van der Waals surface area (Å²) in [5.74, 6) is -0.208. The Morgan fingerprint density at radius 3 is 2.58 bits per heavy atom. The molecular weight excluding hydrogens is 308 g/mol. The van der Waals surface area contributed by atoms with E-state index in [4.69, 9.17) is 4.74 Å². The van der Waals surface area contributed by atoms with Gasteiger partial charge in [0.05, 0.1) is 6.61 Å². The molecule has 1 N–H and O–H groups in total. The van der Waals surface area contributed by atoms with Crippen LogP contribution in [0, 0.1) is 11.8 Å². The lowest BCUT2D eigenvalue weighted by atomic mass is 9.73. The van der Waals surface area contributed by atoms with Crippen molar-refractivity contribution in [3.05, 3.63) is 0 Å². The average molecular weight is 336 g/mol. The van der Waals surface area contributed by atoms with Gasteiger partial charge in [0.1, 0.15) is 12.1 Å². The van der Waals surface area contributed by atoms with E-state index in [0.717, 1.165) is 37.0 Å². The second kappa shape index (κ2) is 7.11. The summed E-state index contributed by atoms with van der Waals surface area (Å²) in [5, 5.41) is 2.86. The van der Waals surface area contributed by atoms with Crippen LogP contribution in [0.5, 0.6) is 0 Å². The summed E-state index contributed by atoms with van der Waals surface area (Å²) in [4.78, 5) is 38.1.